The molecule has 0 aliphatic carbocycles. The zero-order valence-corrected chi connectivity index (χ0v) is 15.1. The van der Waals surface area contributed by atoms with Gasteiger partial charge in [-0.3, -0.25) is 4.79 Å². The number of H-pyrrole nitrogens is 1. The molecule has 0 saturated carbocycles. The summed E-state index contributed by atoms with van der Waals surface area (Å²) in [4.78, 5) is 14.8. The average molecular weight is 373 g/mol. The predicted molar refractivity (Wildman–Crippen MR) is 108 cm³/mol. The topological polar surface area (TPSA) is 71.6 Å². The third-order valence-electron chi connectivity index (χ3n) is 4.39. The van der Waals surface area contributed by atoms with Crippen LogP contribution in [-0.4, -0.2) is 10.1 Å². The molecule has 0 saturated heterocycles. The minimum absolute atomic E-state index is 0.164. The fourth-order valence-electron chi connectivity index (χ4n) is 2.94. The molecule has 0 fully saturated rings. The fourth-order valence-corrected chi connectivity index (χ4v) is 2.94. The molecule has 0 bridgehead atoms. The molecule has 0 atom stereocenters. The van der Waals surface area contributed by atoms with Gasteiger partial charge in [-0.15, -0.1) is 0 Å². The van der Waals surface area contributed by atoms with Crippen molar-refractivity contribution >= 4 is 10.9 Å². The molecule has 28 heavy (non-hydrogen) atoms. The first-order valence-corrected chi connectivity index (χ1v) is 8.93. The van der Waals surface area contributed by atoms with Crippen LogP contribution < -0.4 is 15.0 Å². The van der Waals surface area contributed by atoms with E-state index in [1.54, 1.807) is 18.2 Å². The largest absolute Gasteiger partial charge is 0.500 e. The third kappa shape index (κ3) is 3.83. The van der Waals surface area contributed by atoms with Gasteiger partial charge in [-0.1, -0.05) is 60.7 Å². The number of benzene rings is 3. The minimum atomic E-state index is -0.601. The van der Waals surface area contributed by atoms with Crippen molar-refractivity contribution in [2.45, 2.75) is 13.2 Å². The third-order valence-corrected chi connectivity index (χ3v) is 4.39. The monoisotopic (exact) mass is 373 g/mol. The van der Waals surface area contributed by atoms with Crippen molar-refractivity contribution in [1.82, 2.24) is 4.98 Å². The van der Waals surface area contributed by atoms with Crippen LogP contribution in [0, 0.1) is 0 Å². The van der Waals surface area contributed by atoms with Gasteiger partial charge in [-0.2, -0.15) is 0 Å². The number of ether oxygens (including phenoxy) is 2. The van der Waals surface area contributed by atoms with Crippen LogP contribution in [0.3, 0.4) is 0 Å². The molecular formula is C23H19NO4. The quantitative estimate of drug-likeness (QED) is 0.526. The number of fused-ring (bicyclic) bond motifs is 1. The molecular weight excluding hydrogens is 354 g/mol. The number of pyridine rings is 1. The maximum Gasteiger partial charge on any atom is 0.294 e. The highest BCUT2D eigenvalue weighted by atomic mass is 16.5. The van der Waals surface area contributed by atoms with Gasteiger partial charge >= 0.3 is 0 Å². The highest BCUT2D eigenvalue weighted by Gasteiger charge is 2.14. The number of hydrogen-bond donors (Lipinski definition) is 2. The van der Waals surface area contributed by atoms with E-state index >= 15 is 0 Å². The van der Waals surface area contributed by atoms with Gasteiger partial charge in [-0.25, -0.2) is 0 Å². The van der Waals surface area contributed by atoms with Crippen LogP contribution in [0.15, 0.2) is 83.7 Å². The van der Waals surface area contributed by atoms with Crippen molar-refractivity contribution in [1.29, 1.82) is 0 Å². The lowest BCUT2D eigenvalue weighted by Gasteiger charge is -2.12. The summed E-state index contributed by atoms with van der Waals surface area (Å²) in [6, 6.07) is 24.7. The van der Waals surface area contributed by atoms with Crippen LogP contribution in [0.4, 0.5) is 0 Å². The van der Waals surface area contributed by atoms with E-state index < -0.39 is 11.3 Å². The Kier molecular flexibility index (Phi) is 4.97. The maximum atomic E-state index is 12.1. The zero-order chi connectivity index (χ0) is 19.3. The summed E-state index contributed by atoms with van der Waals surface area (Å²) < 4.78 is 11.6. The van der Waals surface area contributed by atoms with E-state index in [4.69, 9.17) is 9.47 Å². The minimum Gasteiger partial charge on any atom is -0.500 e. The molecule has 0 unspecified atom stereocenters. The van der Waals surface area contributed by atoms with Gasteiger partial charge in [0.25, 0.3) is 5.56 Å². The second-order valence-corrected chi connectivity index (χ2v) is 6.39. The molecule has 5 nitrogen and oxygen atoms in total. The molecule has 140 valence electrons. The van der Waals surface area contributed by atoms with Gasteiger partial charge in [-0.05, 0) is 23.3 Å². The van der Waals surface area contributed by atoms with Gasteiger partial charge in [0, 0.05) is 11.5 Å². The second-order valence-electron chi connectivity index (χ2n) is 6.39. The molecule has 0 amide bonds. The van der Waals surface area contributed by atoms with Crippen LogP contribution in [0.1, 0.15) is 11.1 Å². The van der Waals surface area contributed by atoms with E-state index in [-0.39, 0.29) is 12.4 Å². The number of rotatable bonds is 6. The maximum absolute atomic E-state index is 12.1. The van der Waals surface area contributed by atoms with Crippen LogP contribution in [-0.2, 0) is 13.2 Å². The summed E-state index contributed by atoms with van der Waals surface area (Å²) in [6.45, 7) is 0.672. The molecule has 0 spiro atoms. The molecule has 3 aromatic carbocycles. The first-order chi connectivity index (χ1) is 13.7. The fraction of sp³-hybridized carbons (Fsp3) is 0.0870. The standard InChI is InChI=1S/C23H19NO4/c25-21-22(28-15-17-9-5-2-6-10-17)19-12-11-18(13-20(19)24-23(21)26)27-14-16-7-3-1-4-8-16/h1-13,25H,14-15H2,(H,24,26). The average Bonchev–Trinajstić information content (AvgIpc) is 2.74. The van der Waals surface area contributed by atoms with Crippen LogP contribution in [0.2, 0.25) is 0 Å². The first-order valence-electron chi connectivity index (χ1n) is 8.93. The molecule has 4 rings (SSSR count). The predicted octanol–water partition coefficient (Wildman–Crippen LogP) is 4.39. The second kappa shape index (κ2) is 7.88. The molecule has 0 radical (unpaired) electrons. The number of aromatic nitrogens is 1. The Morgan fingerprint density at radius 2 is 1.39 bits per heavy atom. The highest BCUT2D eigenvalue weighted by Crippen LogP contribution is 2.33. The van der Waals surface area contributed by atoms with Gasteiger partial charge in [0.15, 0.2) is 5.75 Å². The van der Waals surface area contributed by atoms with Crippen molar-refractivity contribution in [2.75, 3.05) is 0 Å². The van der Waals surface area contributed by atoms with E-state index in [0.29, 0.717) is 23.3 Å². The van der Waals surface area contributed by atoms with Crippen molar-refractivity contribution in [2.24, 2.45) is 0 Å². The Bertz CT molecular complexity index is 1140. The number of hydrogen-bond acceptors (Lipinski definition) is 4. The van der Waals surface area contributed by atoms with E-state index in [0.717, 1.165) is 11.1 Å². The summed E-state index contributed by atoms with van der Waals surface area (Å²) in [5.41, 5.74) is 1.93. The Labute approximate surface area is 161 Å². The molecule has 1 aromatic heterocycles. The van der Waals surface area contributed by atoms with Gasteiger partial charge in [0.05, 0.1) is 5.52 Å². The van der Waals surface area contributed by atoms with E-state index in [2.05, 4.69) is 4.98 Å². The zero-order valence-electron chi connectivity index (χ0n) is 15.1. The van der Waals surface area contributed by atoms with Gasteiger partial charge in [0.1, 0.15) is 19.0 Å². The van der Waals surface area contributed by atoms with E-state index in [1.165, 1.54) is 0 Å². The molecule has 2 N–H and O–H groups in total. The van der Waals surface area contributed by atoms with Crippen molar-refractivity contribution in [3.63, 3.8) is 0 Å². The SMILES string of the molecule is O=c1[nH]c2cc(OCc3ccccc3)ccc2c(OCc2ccccc2)c1O. The summed E-state index contributed by atoms with van der Waals surface area (Å²) in [6.07, 6.45) is 0. The normalized spacial score (nSPS) is 10.7. The van der Waals surface area contributed by atoms with Crippen LogP contribution >= 0.6 is 0 Å². The molecule has 4 aromatic rings. The number of aromatic amines is 1. The lowest BCUT2D eigenvalue weighted by molar-refractivity contribution is 0.291. The smallest absolute Gasteiger partial charge is 0.294 e. The van der Waals surface area contributed by atoms with Gasteiger partial charge in [0.2, 0.25) is 5.75 Å². The van der Waals surface area contributed by atoms with Crippen LogP contribution in [0.5, 0.6) is 17.2 Å². The number of nitrogens with one attached hydrogen (secondary N) is 1. The molecule has 1 heterocycles. The Hall–Kier alpha value is -3.73. The molecule has 0 aliphatic heterocycles. The summed E-state index contributed by atoms with van der Waals surface area (Å²) in [5.74, 6) is 0.352. The van der Waals surface area contributed by atoms with Crippen molar-refractivity contribution in [3.05, 3.63) is 100 Å². The Balaban J connectivity index is 1.60. The van der Waals surface area contributed by atoms with Crippen molar-refractivity contribution in [3.8, 4) is 17.2 Å². The molecule has 0 aliphatic rings. The van der Waals surface area contributed by atoms with Crippen LogP contribution in [0.25, 0.3) is 10.9 Å². The van der Waals surface area contributed by atoms with Crippen molar-refractivity contribution < 1.29 is 14.6 Å². The summed E-state index contributed by atoms with van der Waals surface area (Å²) in [5, 5.41) is 10.8. The lowest BCUT2D eigenvalue weighted by Crippen LogP contribution is -2.08. The molecule has 5 heteroatoms. The highest BCUT2D eigenvalue weighted by molar-refractivity contribution is 5.88. The lowest BCUT2D eigenvalue weighted by atomic mass is 10.1. The van der Waals surface area contributed by atoms with E-state index in [9.17, 15) is 9.90 Å². The Morgan fingerprint density at radius 3 is 2.04 bits per heavy atom. The first kappa shape index (κ1) is 17.7. The summed E-state index contributed by atoms with van der Waals surface area (Å²) in [7, 11) is 0. The van der Waals surface area contributed by atoms with Gasteiger partial charge < -0.3 is 19.6 Å². The number of aromatic hydroxyl groups is 1. The summed E-state index contributed by atoms with van der Waals surface area (Å²) >= 11 is 0. The Morgan fingerprint density at radius 1 is 0.786 bits per heavy atom. The van der Waals surface area contributed by atoms with E-state index in [1.807, 2.05) is 60.7 Å².